The summed E-state index contributed by atoms with van der Waals surface area (Å²) in [5.41, 5.74) is 0.718. The van der Waals surface area contributed by atoms with Gasteiger partial charge in [0.25, 0.3) is 5.56 Å². The van der Waals surface area contributed by atoms with E-state index in [1.54, 1.807) is 6.20 Å². The van der Waals surface area contributed by atoms with Crippen LogP contribution in [0.4, 0.5) is 5.69 Å². The lowest BCUT2D eigenvalue weighted by Gasteiger charge is -2.13. The van der Waals surface area contributed by atoms with Crippen molar-refractivity contribution in [2.45, 2.75) is 45.7 Å². The molecule has 0 spiro atoms. The molecule has 0 amide bonds. The molecule has 5 nitrogen and oxygen atoms in total. The van der Waals surface area contributed by atoms with Crippen molar-refractivity contribution >= 4 is 21.6 Å². The molecular formula is C14H23BrN4O. The molecular weight excluding hydrogens is 320 g/mol. The maximum atomic E-state index is 12.1. The fourth-order valence-corrected chi connectivity index (χ4v) is 2.90. The number of halogens is 1. The minimum Gasteiger partial charge on any atom is -0.383 e. The number of nitrogens with zero attached hydrogens (tertiary/aromatic N) is 2. The number of anilines is 1. The molecule has 2 rings (SSSR count). The van der Waals surface area contributed by atoms with Gasteiger partial charge in [-0.3, -0.25) is 4.79 Å². The molecule has 0 saturated carbocycles. The van der Waals surface area contributed by atoms with Gasteiger partial charge in [0.2, 0.25) is 0 Å². The lowest BCUT2D eigenvalue weighted by Crippen LogP contribution is -2.27. The van der Waals surface area contributed by atoms with Crippen LogP contribution < -0.4 is 16.2 Å². The zero-order chi connectivity index (χ0) is 14.5. The number of rotatable bonds is 6. The lowest BCUT2D eigenvalue weighted by atomic mass is 10.1. The Bertz CT molecular complexity index is 494. The molecule has 2 heterocycles. The largest absolute Gasteiger partial charge is 0.383 e. The summed E-state index contributed by atoms with van der Waals surface area (Å²) in [7, 11) is 0. The van der Waals surface area contributed by atoms with Gasteiger partial charge in [0.1, 0.15) is 4.47 Å². The number of nitrogens with one attached hydrogen (secondary N) is 2. The van der Waals surface area contributed by atoms with Crippen LogP contribution in [0.2, 0.25) is 0 Å². The molecule has 1 aromatic heterocycles. The van der Waals surface area contributed by atoms with E-state index in [1.807, 2.05) is 0 Å². The third-order valence-electron chi connectivity index (χ3n) is 3.49. The molecule has 1 aromatic rings. The molecule has 1 aliphatic heterocycles. The van der Waals surface area contributed by atoms with Crippen LogP contribution in [0.15, 0.2) is 15.5 Å². The average molecular weight is 343 g/mol. The van der Waals surface area contributed by atoms with E-state index in [0.29, 0.717) is 23.0 Å². The Labute approximate surface area is 128 Å². The fraction of sp³-hybridized carbons (Fsp3) is 0.714. The highest BCUT2D eigenvalue weighted by Crippen LogP contribution is 2.17. The van der Waals surface area contributed by atoms with Crippen LogP contribution in [-0.4, -0.2) is 28.9 Å². The van der Waals surface area contributed by atoms with E-state index < -0.39 is 0 Å². The van der Waals surface area contributed by atoms with Gasteiger partial charge in [-0.05, 0) is 47.7 Å². The topological polar surface area (TPSA) is 59.0 Å². The van der Waals surface area contributed by atoms with Gasteiger partial charge in [-0.15, -0.1) is 0 Å². The monoisotopic (exact) mass is 342 g/mol. The van der Waals surface area contributed by atoms with Crippen molar-refractivity contribution in [2.24, 2.45) is 5.92 Å². The molecule has 0 radical (unpaired) electrons. The van der Waals surface area contributed by atoms with Gasteiger partial charge in [0, 0.05) is 19.1 Å². The first-order chi connectivity index (χ1) is 9.58. The van der Waals surface area contributed by atoms with Crippen LogP contribution >= 0.6 is 15.9 Å². The lowest BCUT2D eigenvalue weighted by molar-refractivity contribution is 0.462. The summed E-state index contributed by atoms with van der Waals surface area (Å²) in [4.78, 5) is 12.1. The predicted molar refractivity (Wildman–Crippen MR) is 85.2 cm³/mol. The van der Waals surface area contributed by atoms with Crippen LogP contribution in [0.3, 0.4) is 0 Å². The Kier molecular flexibility index (Phi) is 5.60. The zero-order valence-corrected chi connectivity index (χ0v) is 13.7. The SMILES string of the molecule is CC(C)Cn1ncc(NCCC2CCCN2)c(Br)c1=O. The van der Waals surface area contributed by atoms with E-state index in [-0.39, 0.29) is 5.56 Å². The molecule has 112 valence electrons. The maximum absolute atomic E-state index is 12.1. The fourth-order valence-electron chi connectivity index (χ4n) is 2.45. The minimum absolute atomic E-state index is 0.0670. The zero-order valence-electron chi connectivity index (χ0n) is 12.2. The molecule has 0 bridgehead atoms. The third-order valence-corrected chi connectivity index (χ3v) is 4.26. The van der Waals surface area contributed by atoms with Gasteiger partial charge >= 0.3 is 0 Å². The smallest absolute Gasteiger partial charge is 0.283 e. The Morgan fingerprint density at radius 2 is 2.40 bits per heavy atom. The Morgan fingerprint density at radius 1 is 1.60 bits per heavy atom. The molecule has 1 atom stereocenters. The Morgan fingerprint density at radius 3 is 3.05 bits per heavy atom. The van der Waals surface area contributed by atoms with E-state index in [0.717, 1.165) is 25.2 Å². The normalized spacial score (nSPS) is 18.7. The van der Waals surface area contributed by atoms with Crippen molar-refractivity contribution in [1.29, 1.82) is 0 Å². The first kappa shape index (κ1) is 15.5. The molecule has 0 aliphatic carbocycles. The molecule has 1 unspecified atom stereocenters. The van der Waals surface area contributed by atoms with Gasteiger partial charge in [-0.1, -0.05) is 13.8 Å². The van der Waals surface area contributed by atoms with Crippen LogP contribution in [0.25, 0.3) is 0 Å². The van der Waals surface area contributed by atoms with E-state index in [1.165, 1.54) is 17.5 Å². The van der Waals surface area contributed by atoms with Gasteiger partial charge in [-0.2, -0.15) is 5.10 Å². The van der Waals surface area contributed by atoms with Gasteiger partial charge in [0.15, 0.2) is 0 Å². The summed E-state index contributed by atoms with van der Waals surface area (Å²) in [6, 6.07) is 0.607. The van der Waals surface area contributed by atoms with Crippen molar-refractivity contribution in [1.82, 2.24) is 15.1 Å². The van der Waals surface area contributed by atoms with E-state index in [2.05, 4.69) is 45.5 Å². The summed E-state index contributed by atoms with van der Waals surface area (Å²) >= 11 is 3.38. The van der Waals surface area contributed by atoms with E-state index in [9.17, 15) is 4.79 Å². The highest BCUT2D eigenvalue weighted by atomic mass is 79.9. The molecule has 0 aromatic carbocycles. The summed E-state index contributed by atoms with van der Waals surface area (Å²) in [5, 5.41) is 11.0. The number of hydrogen-bond acceptors (Lipinski definition) is 4. The maximum Gasteiger partial charge on any atom is 0.283 e. The molecule has 1 fully saturated rings. The summed E-state index contributed by atoms with van der Waals surface area (Å²) < 4.78 is 2.09. The van der Waals surface area contributed by atoms with Crippen LogP contribution in [0.1, 0.15) is 33.1 Å². The summed E-state index contributed by atoms with van der Waals surface area (Å²) in [6.07, 6.45) is 5.32. The predicted octanol–water partition coefficient (Wildman–Crippen LogP) is 2.22. The van der Waals surface area contributed by atoms with Gasteiger partial charge in [0.05, 0.1) is 11.9 Å². The standard InChI is InChI=1S/C14H23BrN4O/c1-10(2)9-19-14(20)13(15)12(8-18-19)17-7-5-11-4-3-6-16-11/h8,10-11,16-17H,3-7,9H2,1-2H3. The highest BCUT2D eigenvalue weighted by Gasteiger charge is 2.14. The second kappa shape index (κ2) is 7.22. The Balaban J connectivity index is 1.94. The van der Waals surface area contributed by atoms with Crippen molar-refractivity contribution < 1.29 is 0 Å². The number of hydrogen-bond donors (Lipinski definition) is 2. The van der Waals surface area contributed by atoms with Crippen LogP contribution in [-0.2, 0) is 6.54 Å². The number of aromatic nitrogens is 2. The molecule has 6 heteroatoms. The van der Waals surface area contributed by atoms with Crippen molar-refractivity contribution in [3.05, 3.63) is 21.0 Å². The van der Waals surface area contributed by atoms with E-state index >= 15 is 0 Å². The molecule has 1 aliphatic rings. The minimum atomic E-state index is -0.0670. The second-order valence-electron chi connectivity index (χ2n) is 5.76. The molecule has 1 saturated heterocycles. The van der Waals surface area contributed by atoms with E-state index in [4.69, 9.17) is 0 Å². The van der Waals surface area contributed by atoms with Crippen molar-refractivity contribution in [2.75, 3.05) is 18.4 Å². The average Bonchev–Trinajstić information content (AvgIpc) is 2.90. The second-order valence-corrected chi connectivity index (χ2v) is 6.56. The third kappa shape index (κ3) is 4.06. The quantitative estimate of drug-likeness (QED) is 0.832. The van der Waals surface area contributed by atoms with Crippen molar-refractivity contribution in [3.8, 4) is 0 Å². The van der Waals surface area contributed by atoms with Crippen molar-refractivity contribution in [3.63, 3.8) is 0 Å². The summed E-state index contributed by atoms with van der Waals surface area (Å²) in [5.74, 6) is 0.402. The van der Waals surface area contributed by atoms with Gasteiger partial charge in [-0.25, -0.2) is 4.68 Å². The molecule has 2 N–H and O–H groups in total. The first-order valence-corrected chi connectivity index (χ1v) is 8.10. The van der Waals surface area contributed by atoms with Gasteiger partial charge < -0.3 is 10.6 Å². The molecule has 20 heavy (non-hydrogen) atoms. The first-order valence-electron chi connectivity index (χ1n) is 7.31. The van der Waals surface area contributed by atoms with Crippen LogP contribution in [0.5, 0.6) is 0 Å². The summed E-state index contributed by atoms with van der Waals surface area (Å²) in [6.45, 7) is 6.77. The highest BCUT2D eigenvalue weighted by molar-refractivity contribution is 9.10. The van der Waals surface area contributed by atoms with Crippen LogP contribution in [0, 0.1) is 5.92 Å². The Hall–Kier alpha value is -0.880.